The normalized spacial score (nSPS) is 12.3. The van der Waals surface area contributed by atoms with Crippen LogP contribution >= 0.6 is 0 Å². The molecule has 0 aliphatic rings. The third kappa shape index (κ3) is 3.02. The third-order valence-electron chi connectivity index (χ3n) is 3.07. The van der Waals surface area contributed by atoms with E-state index in [2.05, 4.69) is 0 Å². The van der Waals surface area contributed by atoms with Gasteiger partial charge in [0, 0.05) is 5.92 Å². The quantitative estimate of drug-likeness (QED) is 0.772. The van der Waals surface area contributed by atoms with Crippen molar-refractivity contribution >= 4 is 0 Å². The standard InChI is InChI=1S/C15H17NO2/c16-10-13(12-3-7-15(18)8-4-12)9-11-1-5-14(17)6-2-11/h1-8,13,17-18H,9-10,16H2. The van der Waals surface area contributed by atoms with Crippen molar-refractivity contribution in [3.63, 3.8) is 0 Å². The largest absolute Gasteiger partial charge is 0.508 e. The highest BCUT2D eigenvalue weighted by atomic mass is 16.3. The van der Waals surface area contributed by atoms with E-state index >= 15 is 0 Å². The molecule has 0 saturated carbocycles. The van der Waals surface area contributed by atoms with E-state index in [4.69, 9.17) is 5.73 Å². The van der Waals surface area contributed by atoms with Gasteiger partial charge in [0.05, 0.1) is 0 Å². The molecule has 3 heteroatoms. The molecule has 0 saturated heterocycles. The van der Waals surface area contributed by atoms with E-state index in [1.165, 1.54) is 0 Å². The smallest absolute Gasteiger partial charge is 0.115 e. The first-order valence-corrected chi connectivity index (χ1v) is 5.96. The van der Waals surface area contributed by atoms with Gasteiger partial charge in [0.1, 0.15) is 11.5 Å². The van der Waals surface area contributed by atoms with E-state index in [-0.39, 0.29) is 17.4 Å². The van der Waals surface area contributed by atoms with Gasteiger partial charge in [-0.25, -0.2) is 0 Å². The van der Waals surface area contributed by atoms with Crippen molar-refractivity contribution in [1.29, 1.82) is 0 Å². The summed E-state index contributed by atoms with van der Waals surface area (Å²) in [5, 5.41) is 18.5. The molecule has 2 rings (SSSR count). The van der Waals surface area contributed by atoms with Crippen LogP contribution in [0.25, 0.3) is 0 Å². The van der Waals surface area contributed by atoms with Crippen LogP contribution in [0.1, 0.15) is 17.0 Å². The highest BCUT2D eigenvalue weighted by Crippen LogP contribution is 2.23. The van der Waals surface area contributed by atoms with Crippen molar-refractivity contribution in [2.75, 3.05) is 6.54 Å². The average molecular weight is 243 g/mol. The average Bonchev–Trinajstić information content (AvgIpc) is 2.39. The van der Waals surface area contributed by atoms with Gasteiger partial charge in [-0.1, -0.05) is 24.3 Å². The molecule has 94 valence electrons. The number of hydrogen-bond acceptors (Lipinski definition) is 3. The Morgan fingerprint density at radius 1 is 0.833 bits per heavy atom. The second-order valence-corrected chi connectivity index (χ2v) is 4.39. The van der Waals surface area contributed by atoms with Gasteiger partial charge in [0.15, 0.2) is 0 Å². The lowest BCUT2D eigenvalue weighted by Crippen LogP contribution is -2.14. The van der Waals surface area contributed by atoms with E-state index in [0.29, 0.717) is 6.54 Å². The Hall–Kier alpha value is -2.00. The fourth-order valence-electron chi connectivity index (χ4n) is 2.00. The summed E-state index contributed by atoms with van der Waals surface area (Å²) >= 11 is 0. The lowest BCUT2D eigenvalue weighted by Gasteiger charge is -2.15. The first-order valence-electron chi connectivity index (χ1n) is 5.96. The van der Waals surface area contributed by atoms with Gasteiger partial charge < -0.3 is 15.9 Å². The van der Waals surface area contributed by atoms with Crippen molar-refractivity contribution in [1.82, 2.24) is 0 Å². The van der Waals surface area contributed by atoms with Gasteiger partial charge in [0.25, 0.3) is 0 Å². The minimum absolute atomic E-state index is 0.218. The summed E-state index contributed by atoms with van der Waals surface area (Å²) in [5.74, 6) is 0.752. The minimum Gasteiger partial charge on any atom is -0.508 e. The molecule has 0 aliphatic carbocycles. The molecule has 0 aliphatic heterocycles. The second kappa shape index (κ2) is 5.56. The molecule has 0 spiro atoms. The first-order chi connectivity index (χ1) is 8.69. The van der Waals surface area contributed by atoms with Crippen LogP contribution in [-0.2, 0) is 6.42 Å². The van der Waals surface area contributed by atoms with Crippen LogP contribution in [0, 0.1) is 0 Å². The topological polar surface area (TPSA) is 66.5 Å². The van der Waals surface area contributed by atoms with Crippen molar-refractivity contribution in [3.8, 4) is 11.5 Å². The molecule has 18 heavy (non-hydrogen) atoms. The Balaban J connectivity index is 2.14. The molecule has 0 aromatic heterocycles. The van der Waals surface area contributed by atoms with E-state index in [0.717, 1.165) is 17.5 Å². The molecule has 2 aromatic rings. The zero-order valence-corrected chi connectivity index (χ0v) is 10.1. The molecule has 0 heterocycles. The minimum atomic E-state index is 0.218. The summed E-state index contributed by atoms with van der Waals surface area (Å²) in [6.45, 7) is 0.547. The maximum absolute atomic E-state index is 9.27. The van der Waals surface area contributed by atoms with Crippen molar-refractivity contribution in [3.05, 3.63) is 59.7 Å². The molecular weight excluding hydrogens is 226 g/mol. The van der Waals surface area contributed by atoms with E-state index in [1.807, 2.05) is 24.3 Å². The Morgan fingerprint density at radius 3 is 1.83 bits per heavy atom. The summed E-state index contributed by atoms with van der Waals surface area (Å²) < 4.78 is 0. The molecule has 1 atom stereocenters. The Bertz CT molecular complexity index is 491. The number of phenols is 2. The van der Waals surface area contributed by atoms with Crippen LogP contribution in [0.5, 0.6) is 11.5 Å². The number of nitrogens with two attached hydrogens (primary N) is 1. The lowest BCUT2D eigenvalue weighted by molar-refractivity contribution is 0.474. The summed E-state index contributed by atoms with van der Waals surface area (Å²) in [6.07, 6.45) is 0.821. The SMILES string of the molecule is NCC(Cc1ccc(O)cc1)c1ccc(O)cc1. The van der Waals surface area contributed by atoms with Crippen LogP contribution < -0.4 is 5.73 Å². The predicted octanol–water partition coefficient (Wildman–Crippen LogP) is 2.38. The van der Waals surface area contributed by atoms with Crippen molar-refractivity contribution in [2.45, 2.75) is 12.3 Å². The highest BCUT2D eigenvalue weighted by molar-refractivity contribution is 5.31. The zero-order valence-electron chi connectivity index (χ0n) is 10.1. The van der Waals surface area contributed by atoms with E-state index in [9.17, 15) is 10.2 Å². The Kier molecular flexibility index (Phi) is 3.85. The number of hydrogen-bond donors (Lipinski definition) is 3. The Morgan fingerprint density at radius 2 is 1.33 bits per heavy atom. The fraction of sp³-hybridized carbons (Fsp3) is 0.200. The summed E-state index contributed by atoms with van der Waals surface area (Å²) in [4.78, 5) is 0. The molecule has 1 unspecified atom stereocenters. The van der Waals surface area contributed by atoms with Gasteiger partial charge in [0.2, 0.25) is 0 Å². The maximum Gasteiger partial charge on any atom is 0.115 e. The summed E-state index contributed by atoms with van der Waals surface area (Å²) in [7, 11) is 0. The number of benzene rings is 2. The van der Waals surface area contributed by atoms with Crippen LogP contribution in [0.4, 0.5) is 0 Å². The zero-order chi connectivity index (χ0) is 13.0. The van der Waals surface area contributed by atoms with Gasteiger partial charge in [-0.3, -0.25) is 0 Å². The number of aromatic hydroxyl groups is 2. The summed E-state index contributed by atoms with van der Waals surface area (Å²) in [6, 6.07) is 14.3. The van der Waals surface area contributed by atoms with Crippen molar-refractivity contribution < 1.29 is 10.2 Å². The van der Waals surface area contributed by atoms with Crippen LogP contribution in [0.2, 0.25) is 0 Å². The van der Waals surface area contributed by atoms with E-state index < -0.39 is 0 Å². The van der Waals surface area contributed by atoms with Gasteiger partial charge in [-0.05, 0) is 48.4 Å². The maximum atomic E-state index is 9.27. The molecule has 2 aromatic carbocycles. The van der Waals surface area contributed by atoms with Crippen LogP contribution in [0.15, 0.2) is 48.5 Å². The molecular formula is C15H17NO2. The predicted molar refractivity (Wildman–Crippen MR) is 71.7 cm³/mol. The third-order valence-corrected chi connectivity index (χ3v) is 3.07. The van der Waals surface area contributed by atoms with Gasteiger partial charge >= 0.3 is 0 Å². The molecule has 3 nitrogen and oxygen atoms in total. The molecule has 4 N–H and O–H groups in total. The highest BCUT2D eigenvalue weighted by Gasteiger charge is 2.10. The molecule has 0 radical (unpaired) electrons. The Labute approximate surface area is 107 Å². The van der Waals surface area contributed by atoms with E-state index in [1.54, 1.807) is 24.3 Å². The fourth-order valence-corrected chi connectivity index (χ4v) is 2.00. The van der Waals surface area contributed by atoms with Crippen LogP contribution in [-0.4, -0.2) is 16.8 Å². The van der Waals surface area contributed by atoms with Gasteiger partial charge in [-0.15, -0.1) is 0 Å². The van der Waals surface area contributed by atoms with Gasteiger partial charge in [-0.2, -0.15) is 0 Å². The summed E-state index contributed by atoms with van der Waals surface area (Å²) in [5.41, 5.74) is 8.06. The molecule has 0 amide bonds. The second-order valence-electron chi connectivity index (χ2n) is 4.39. The van der Waals surface area contributed by atoms with Crippen molar-refractivity contribution in [2.24, 2.45) is 5.73 Å². The molecule has 0 bridgehead atoms. The number of rotatable bonds is 4. The van der Waals surface area contributed by atoms with Crippen LogP contribution in [0.3, 0.4) is 0 Å². The molecule has 0 fully saturated rings. The number of phenolic OH excluding ortho intramolecular Hbond substituents is 2. The first kappa shape index (κ1) is 12.5. The monoisotopic (exact) mass is 243 g/mol. The lowest BCUT2D eigenvalue weighted by atomic mass is 9.92.